The first-order valence-electron chi connectivity index (χ1n) is 4.97. The van der Waals surface area contributed by atoms with Crippen molar-refractivity contribution in [2.24, 2.45) is 0 Å². The number of aryl methyl sites for hydroxylation is 1. The van der Waals surface area contributed by atoms with E-state index in [1.807, 2.05) is 18.2 Å². The van der Waals surface area contributed by atoms with Gasteiger partial charge in [-0.15, -0.1) is 0 Å². The molecule has 78 valence electrons. The van der Waals surface area contributed by atoms with Gasteiger partial charge in [-0.25, -0.2) is 4.98 Å². The van der Waals surface area contributed by atoms with Gasteiger partial charge in [-0.1, -0.05) is 25.1 Å². The van der Waals surface area contributed by atoms with Crippen LogP contribution in [0.5, 0.6) is 0 Å². The standard InChI is InChI=1S/C11H12IN3/c1-2-5-10-13-11(15-14-10)8-6-3-4-7-9(8)12/h3-4,6-7H,2,5H2,1H3,(H,13,14,15). The molecule has 1 heterocycles. The lowest BCUT2D eigenvalue weighted by atomic mass is 10.2. The van der Waals surface area contributed by atoms with Crippen molar-refractivity contribution >= 4 is 22.6 Å². The first-order chi connectivity index (χ1) is 7.31. The molecule has 0 spiro atoms. The minimum Gasteiger partial charge on any atom is -0.263 e. The highest BCUT2D eigenvalue weighted by Crippen LogP contribution is 2.21. The third-order valence-corrected chi connectivity index (χ3v) is 3.07. The lowest BCUT2D eigenvalue weighted by Gasteiger charge is -1.97. The van der Waals surface area contributed by atoms with Gasteiger partial charge in [0.2, 0.25) is 0 Å². The molecular formula is C11H12IN3. The summed E-state index contributed by atoms with van der Waals surface area (Å²) in [6, 6.07) is 8.13. The third kappa shape index (κ3) is 2.37. The number of halogens is 1. The van der Waals surface area contributed by atoms with Crippen molar-refractivity contribution in [2.45, 2.75) is 19.8 Å². The molecule has 0 saturated carbocycles. The smallest absolute Gasteiger partial charge is 0.182 e. The van der Waals surface area contributed by atoms with Crippen LogP contribution in [-0.2, 0) is 6.42 Å². The van der Waals surface area contributed by atoms with E-state index in [2.05, 4.69) is 50.8 Å². The highest BCUT2D eigenvalue weighted by Gasteiger charge is 2.07. The van der Waals surface area contributed by atoms with Crippen molar-refractivity contribution in [1.82, 2.24) is 15.2 Å². The Morgan fingerprint density at radius 2 is 2.13 bits per heavy atom. The van der Waals surface area contributed by atoms with Crippen molar-refractivity contribution in [2.75, 3.05) is 0 Å². The largest absolute Gasteiger partial charge is 0.263 e. The summed E-state index contributed by atoms with van der Waals surface area (Å²) in [5.74, 6) is 1.76. The van der Waals surface area contributed by atoms with Gasteiger partial charge in [0.1, 0.15) is 5.82 Å². The Labute approximate surface area is 102 Å². The Morgan fingerprint density at radius 1 is 1.33 bits per heavy atom. The van der Waals surface area contributed by atoms with Crippen LogP contribution in [0.4, 0.5) is 0 Å². The number of hydrogen-bond donors (Lipinski definition) is 1. The average Bonchev–Trinajstić information content (AvgIpc) is 2.68. The highest BCUT2D eigenvalue weighted by molar-refractivity contribution is 14.1. The Balaban J connectivity index is 2.33. The molecule has 1 aromatic carbocycles. The molecule has 0 saturated heterocycles. The molecule has 0 aliphatic carbocycles. The minimum absolute atomic E-state index is 0.795. The van der Waals surface area contributed by atoms with Gasteiger partial charge in [0, 0.05) is 15.6 Å². The lowest BCUT2D eigenvalue weighted by molar-refractivity contribution is 0.841. The second-order valence-electron chi connectivity index (χ2n) is 3.34. The number of aromatic amines is 1. The fourth-order valence-electron chi connectivity index (χ4n) is 1.41. The predicted molar refractivity (Wildman–Crippen MR) is 68.5 cm³/mol. The quantitative estimate of drug-likeness (QED) is 0.885. The molecule has 3 nitrogen and oxygen atoms in total. The normalized spacial score (nSPS) is 10.5. The Bertz CT molecular complexity index is 451. The summed E-state index contributed by atoms with van der Waals surface area (Å²) in [5, 5.41) is 7.19. The molecule has 0 atom stereocenters. The molecule has 0 unspecified atom stereocenters. The maximum absolute atomic E-state index is 4.46. The number of rotatable bonds is 3. The van der Waals surface area contributed by atoms with E-state index in [1.54, 1.807) is 0 Å². The number of H-pyrrole nitrogens is 1. The fraction of sp³-hybridized carbons (Fsp3) is 0.273. The molecule has 0 amide bonds. The van der Waals surface area contributed by atoms with E-state index in [1.165, 1.54) is 3.57 Å². The van der Waals surface area contributed by atoms with E-state index in [-0.39, 0.29) is 0 Å². The van der Waals surface area contributed by atoms with Crippen LogP contribution >= 0.6 is 22.6 Å². The van der Waals surface area contributed by atoms with Gasteiger partial charge in [0.15, 0.2) is 5.82 Å². The zero-order valence-electron chi connectivity index (χ0n) is 8.50. The summed E-state index contributed by atoms with van der Waals surface area (Å²) in [6.07, 6.45) is 2.04. The van der Waals surface area contributed by atoms with Crippen molar-refractivity contribution in [1.29, 1.82) is 0 Å². The van der Waals surface area contributed by atoms with Gasteiger partial charge in [0.05, 0.1) is 0 Å². The first-order valence-corrected chi connectivity index (χ1v) is 6.05. The summed E-state index contributed by atoms with van der Waals surface area (Å²) < 4.78 is 1.18. The number of benzene rings is 1. The topological polar surface area (TPSA) is 41.6 Å². The van der Waals surface area contributed by atoms with Gasteiger partial charge in [0.25, 0.3) is 0 Å². The van der Waals surface area contributed by atoms with Crippen LogP contribution in [0.2, 0.25) is 0 Å². The number of nitrogens with one attached hydrogen (secondary N) is 1. The average molecular weight is 313 g/mol. The van der Waals surface area contributed by atoms with E-state index >= 15 is 0 Å². The summed E-state index contributed by atoms with van der Waals surface area (Å²) in [5.41, 5.74) is 1.09. The lowest BCUT2D eigenvalue weighted by Crippen LogP contribution is -1.86. The van der Waals surface area contributed by atoms with Gasteiger partial charge < -0.3 is 0 Å². The first kappa shape index (κ1) is 10.6. The number of aromatic nitrogens is 3. The monoisotopic (exact) mass is 313 g/mol. The molecule has 0 fully saturated rings. The molecule has 4 heteroatoms. The number of nitrogens with zero attached hydrogens (tertiary/aromatic N) is 2. The van der Waals surface area contributed by atoms with Crippen LogP contribution in [-0.4, -0.2) is 15.2 Å². The highest BCUT2D eigenvalue weighted by atomic mass is 127. The summed E-state index contributed by atoms with van der Waals surface area (Å²) in [4.78, 5) is 4.46. The van der Waals surface area contributed by atoms with Crippen LogP contribution in [0.1, 0.15) is 19.2 Å². The molecule has 1 aromatic heterocycles. The molecule has 2 rings (SSSR count). The molecule has 2 aromatic rings. The zero-order chi connectivity index (χ0) is 10.7. The van der Waals surface area contributed by atoms with E-state index in [4.69, 9.17) is 0 Å². The van der Waals surface area contributed by atoms with Crippen molar-refractivity contribution in [3.63, 3.8) is 0 Å². The van der Waals surface area contributed by atoms with Crippen LogP contribution in [0, 0.1) is 3.57 Å². The summed E-state index contributed by atoms with van der Waals surface area (Å²) >= 11 is 2.30. The molecule has 15 heavy (non-hydrogen) atoms. The van der Waals surface area contributed by atoms with E-state index < -0.39 is 0 Å². The van der Waals surface area contributed by atoms with Crippen LogP contribution < -0.4 is 0 Å². The van der Waals surface area contributed by atoms with Gasteiger partial charge in [-0.2, -0.15) is 5.10 Å². The summed E-state index contributed by atoms with van der Waals surface area (Å²) in [7, 11) is 0. The van der Waals surface area contributed by atoms with Crippen LogP contribution in [0.15, 0.2) is 24.3 Å². The molecule has 0 bridgehead atoms. The SMILES string of the molecule is CCCc1nc(-c2ccccc2I)n[nH]1. The second-order valence-corrected chi connectivity index (χ2v) is 4.50. The van der Waals surface area contributed by atoms with Gasteiger partial charge in [-0.05, 0) is 35.1 Å². The van der Waals surface area contributed by atoms with E-state index in [0.29, 0.717) is 0 Å². The zero-order valence-corrected chi connectivity index (χ0v) is 10.7. The Morgan fingerprint density at radius 3 is 2.87 bits per heavy atom. The van der Waals surface area contributed by atoms with Crippen molar-refractivity contribution in [3.8, 4) is 11.4 Å². The van der Waals surface area contributed by atoms with Gasteiger partial charge in [-0.3, -0.25) is 5.10 Å². The second kappa shape index (κ2) is 4.74. The molecule has 0 aliphatic heterocycles. The van der Waals surface area contributed by atoms with E-state index in [0.717, 1.165) is 30.1 Å². The molecular weight excluding hydrogens is 301 g/mol. The summed E-state index contributed by atoms with van der Waals surface area (Å²) in [6.45, 7) is 2.13. The predicted octanol–water partition coefficient (Wildman–Crippen LogP) is 3.03. The van der Waals surface area contributed by atoms with Crippen molar-refractivity contribution < 1.29 is 0 Å². The maximum Gasteiger partial charge on any atom is 0.182 e. The maximum atomic E-state index is 4.46. The molecule has 0 aliphatic rings. The number of hydrogen-bond acceptors (Lipinski definition) is 2. The molecule has 1 N–H and O–H groups in total. The third-order valence-electron chi connectivity index (χ3n) is 2.13. The van der Waals surface area contributed by atoms with Crippen LogP contribution in [0.3, 0.4) is 0 Å². The Kier molecular flexibility index (Phi) is 3.35. The van der Waals surface area contributed by atoms with Crippen LogP contribution in [0.25, 0.3) is 11.4 Å². The Hall–Kier alpha value is -0.910. The van der Waals surface area contributed by atoms with Gasteiger partial charge >= 0.3 is 0 Å². The fourth-order valence-corrected chi connectivity index (χ4v) is 2.04. The minimum atomic E-state index is 0.795. The van der Waals surface area contributed by atoms with E-state index in [9.17, 15) is 0 Å². The van der Waals surface area contributed by atoms with Crippen molar-refractivity contribution in [3.05, 3.63) is 33.7 Å². The molecule has 0 radical (unpaired) electrons.